The standard InChI is InChI=1S/C28H24N2O2S2/c1-17-13-14-33-27(17)26-23(15-29)28(30-18(2)25(26)19(3)31)34-16-24(32)22-11-9-21(10-12-22)20-7-5-4-6-8-20/h4-14,26,30H,16H2,1-3H3/t26-/m0/s1. The molecule has 0 saturated carbocycles. The molecule has 0 spiro atoms. The first-order chi connectivity index (χ1) is 16.4. The highest BCUT2D eigenvalue weighted by Crippen LogP contribution is 2.43. The molecule has 170 valence electrons. The Morgan fingerprint density at radius 1 is 1.03 bits per heavy atom. The van der Waals surface area contributed by atoms with Crippen molar-refractivity contribution in [3.63, 3.8) is 0 Å². The van der Waals surface area contributed by atoms with Gasteiger partial charge in [0.15, 0.2) is 11.6 Å². The lowest BCUT2D eigenvalue weighted by Crippen LogP contribution is -2.27. The third-order valence-electron chi connectivity index (χ3n) is 5.85. The number of hydrogen-bond donors (Lipinski definition) is 1. The van der Waals surface area contributed by atoms with Crippen LogP contribution in [0.4, 0.5) is 0 Å². The summed E-state index contributed by atoms with van der Waals surface area (Å²) >= 11 is 2.86. The lowest BCUT2D eigenvalue weighted by molar-refractivity contribution is -0.113. The summed E-state index contributed by atoms with van der Waals surface area (Å²) in [5.74, 6) is -0.295. The first-order valence-electron chi connectivity index (χ1n) is 10.9. The van der Waals surface area contributed by atoms with Gasteiger partial charge in [-0.25, -0.2) is 0 Å². The summed E-state index contributed by atoms with van der Waals surface area (Å²) < 4.78 is 0. The van der Waals surface area contributed by atoms with Crippen molar-refractivity contribution in [2.45, 2.75) is 26.7 Å². The normalized spacial score (nSPS) is 15.6. The fourth-order valence-electron chi connectivity index (χ4n) is 4.14. The summed E-state index contributed by atoms with van der Waals surface area (Å²) in [5.41, 5.74) is 5.66. The molecule has 0 radical (unpaired) electrons. The number of ketones is 2. The lowest BCUT2D eigenvalue weighted by atomic mass is 9.84. The third-order valence-corrected chi connectivity index (χ3v) is 7.95. The van der Waals surface area contributed by atoms with Crippen LogP contribution in [0.3, 0.4) is 0 Å². The van der Waals surface area contributed by atoms with E-state index in [0.29, 0.717) is 21.7 Å². The summed E-state index contributed by atoms with van der Waals surface area (Å²) in [5, 5.41) is 15.9. The Labute approximate surface area is 208 Å². The number of thiophene rings is 1. The molecule has 2 aromatic carbocycles. The number of thioether (sulfide) groups is 1. The predicted octanol–water partition coefficient (Wildman–Crippen LogP) is 6.62. The van der Waals surface area contributed by atoms with Crippen molar-refractivity contribution in [1.82, 2.24) is 5.32 Å². The van der Waals surface area contributed by atoms with Crippen LogP contribution in [0.5, 0.6) is 0 Å². The van der Waals surface area contributed by atoms with E-state index in [9.17, 15) is 14.9 Å². The van der Waals surface area contributed by atoms with Crippen molar-refractivity contribution in [2.24, 2.45) is 0 Å². The number of Topliss-reactive ketones (excluding diaryl/α,β-unsaturated/α-hetero) is 2. The molecule has 1 aromatic heterocycles. The van der Waals surface area contributed by atoms with Gasteiger partial charge in [-0.3, -0.25) is 9.59 Å². The van der Waals surface area contributed by atoms with E-state index in [0.717, 1.165) is 27.3 Å². The van der Waals surface area contributed by atoms with E-state index < -0.39 is 5.92 Å². The van der Waals surface area contributed by atoms with Gasteiger partial charge in [0, 0.05) is 21.7 Å². The molecule has 6 heteroatoms. The number of rotatable bonds is 7. The molecule has 0 unspecified atom stereocenters. The molecular weight excluding hydrogens is 460 g/mol. The van der Waals surface area contributed by atoms with Gasteiger partial charge in [-0.2, -0.15) is 5.26 Å². The Bertz CT molecular complexity index is 1340. The van der Waals surface area contributed by atoms with E-state index in [1.54, 1.807) is 11.3 Å². The Morgan fingerprint density at radius 2 is 1.71 bits per heavy atom. The highest BCUT2D eigenvalue weighted by atomic mass is 32.2. The minimum absolute atomic E-state index is 0.0148. The van der Waals surface area contributed by atoms with Gasteiger partial charge in [0.2, 0.25) is 0 Å². The molecule has 0 saturated heterocycles. The Morgan fingerprint density at radius 3 is 2.29 bits per heavy atom. The van der Waals surface area contributed by atoms with Crippen molar-refractivity contribution in [3.05, 3.63) is 104 Å². The van der Waals surface area contributed by atoms with E-state index in [1.807, 2.05) is 79.9 Å². The Kier molecular flexibility index (Phi) is 7.16. The number of carbonyl (C=O) groups is 2. The first-order valence-corrected chi connectivity index (χ1v) is 12.8. The smallest absolute Gasteiger partial charge is 0.173 e. The van der Waals surface area contributed by atoms with Gasteiger partial charge in [0.1, 0.15) is 0 Å². The zero-order chi connectivity index (χ0) is 24.2. The van der Waals surface area contributed by atoms with Crippen LogP contribution in [-0.4, -0.2) is 17.3 Å². The zero-order valence-electron chi connectivity index (χ0n) is 19.2. The van der Waals surface area contributed by atoms with Crippen LogP contribution in [0.25, 0.3) is 11.1 Å². The second kappa shape index (κ2) is 10.3. The predicted molar refractivity (Wildman–Crippen MR) is 140 cm³/mol. The molecule has 1 atom stereocenters. The van der Waals surface area contributed by atoms with Crippen LogP contribution < -0.4 is 5.32 Å². The molecule has 4 nitrogen and oxygen atoms in total. The van der Waals surface area contributed by atoms with Crippen molar-refractivity contribution < 1.29 is 9.59 Å². The van der Waals surface area contributed by atoms with Gasteiger partial charge >= 0.3 is 0 Å². The molecule has 1 aliphatic heterocycles. The van der Waals surface area contributed by atoms with E-state index in [1.165, 1.54) is 18.7 Å². The summed E-state index contributed by atoms with van der Waals surface area (Å²) in [6, 6.07) is 21.9. The van der Waals surface area contributed by atoms with Crippen LogP contribution in [0, 0.1) is 18.3 Å². The van der Waals surface area contributed by atoms with E-state index in [-0.39, 0.29) is 17.3 Å². The van der Waals surface area contributed by atoms with Gasteiger partial charge in [-0.1, -0.05) is 66.4 Å². The molecule has 0 aliphatic carbocycles. The van der Waals surface area contributed by atoms with Gasteiger partial charge in [-0.05, 0) is 48.9 Å². The van der Waals surface area contributed by atoms with Crippen LogP contribution in [-0.2, 0) is 4.79 Å². The number of nitriles is 1. The second-order valence-corrected chi connectivity index (χ2v) is 10.1. The van der Waals surface area contributed by atoms with Crippen molar-refractivity contribution in [2.75, 3.05) is 5.75 Å². The maximum absolute atomic E-state index is 12.9. The molecule has 3 aromatic rings. The monoisotopic (exact) mass is 484 g/mol. The Balaban J connectivity index is 1.57. The Hall–Kier alpha value is -3.40. The van der Waals surface area contributed by atoms with Gasteiger partial charge in [-0.15, -0.1) is 11.3 Å². The summed E-state index contributed by atoms with van der Waals surface area (Å²) in [4.78, 5) is 26.4. The van der Waals surface area contributed by atoms with Crippen LogP contribution >= 0.6 is 23.1 Å². The molecule has 0 amide bonds. The number of dihydropyridines is 1. The fourth-order valence-corrected chi connectivity index (χ4v) is 6.17. The molecule has 2 heterocycles. The first kappa shape index (κ1) is 23.7. The molecule has 34 heavy (non-hydrogen) atoms. The fraction of sp³-hybridized carbons (Fsp3) is 0.179. The van der Waals surface area contributed by atoms with Gasteiger partial charge in [0.05, 0.1) is 28.3 Å². The lowest BCUT2D eigenvalue weighted by Gasteiger charge is -2.29. The number of nitrogens with zero attached hydrogens (tertiary/aromatic N) is 1. The molecule has 1 aliphatic rings. The van der Waals surface area contributed by atoms with Crippen LogP contribution in [0.15, 0.2) is 87.9 Å². The highest BCUT2D eigenvalue weighted by Gasteiger charge is 2.34. The number of allylic oxidation sites excluding steroid dienone is 3. The largest absolute Gasteiger partial charge is 0.353 e. The molecular formula is C28H24N2O2S2. The van der Waals surface area contributed by atoms with Gasteiger partial charge < -0.3 is 5.32 Å². The summed E-state index contributed by atoms with van der Waals surface area (Å²) in [6.07, 6.45) is 0. The van der Waals surface area contributed by atoms with E-state index in [4.69, 9.17) is 0 Å². The number of aryl methyl sites for hydroxylation is 1. The minimum Gasteiger partial charge on any atom is -0.353 e. The number of benzene rings is 2. The SMILES string of the molecule is CC(=O)C1=C(C)NC(SCC(=O)c2ccc(-c3ccccc3)cc2)=C(C#N)[C@@H]1c1sccc1C. The molecule has 1 N–H and O–H groups in total. The van der Waals surface area contributed by atoms with Gasteiger partial charge in [0.25, 0.3) is 0 Å². The van der Waals surface area contributed by atoms with Crippen molar-refractivity contribution in [3.8, 4) is 17.2 Å². The van der Waals surface area contributed by atoms with Crippen molar-refractivity contribution >= 4 is 34.7 Å². The third kappa shape index (κ3) is 4.77. The number of nitrogens with one attached hydrogen (secondary N) is 1. The van der Waals surface area contributed by atoms with Crippen LogP contribution in [0.2, 0.25) is 0 Å². The van der Waals surface area contributed by atoms with E-state index >= 15 is 0 Å². The van der Waals surface area contributed by atoms with Crippen LogP contribution in [0.1, 0.15) is 40.6 Å². The second-order valence-electron chi connectivity index (χ2n) is 8.13. The maximum atomic E-state index is 12.9. The molecule has 4 rings (SSSR count). The average molecular weight is 485 g/mol. The summed E-state index contributed by atoms with van der Waals surface area (Å²) in [7, 11) is 0. The maximum Gasteiger partial charge on any atom is 0.173 e. The number of carbonyl (C=O) groups excluding carboxylic acids is 2. The van der Waals surface area contributed by atoms with E-state index in [2.05, 4.69) is 11.4 Å². The average Bonchev–Trinajstić information content (AvgIpc) is 3.27. The summed E-state index contributed by atoms with van der Waals surface area (Å²) in [6.45, 7) is 5.38. The quantitative estimate of drug-likeness (QED) is 0.381. The highest BCUT2D eigenvalue weighted by molar-refractivity contribution is 8.03. The zero-order valence-corrected chi connectivity index (χ0v) is 20.8. The number of hydrogen-bond acceptors (Lipinski definition) is 6. The molecule has 0 bridgehead atoms. The topological polar surface area (TPSA) is 70.0 Å². The molecule has 0 fully saturated rings. The minimum atomic E-state index is -0.411. The van der Waals surface area contributed by atoms with Crippen molar-refractivity contribution in [1.29, 1.82) is 5.26 Å².